The molecule has 1 atom stereocenters. The molecular weight excluding hydrogens is 244 g/mol. The highest BCUT2D eigenvalue weighted by Crippen LogP contribution is 2.22. The molecule has 1 heterocycles. The van der Waals surface area contributed by atoms with Gasteiger partial charge in [-0.15, -0.1) is 0 Å². The number of nitrogens with zero attached hydrogens (tertiary/aromatic N) is 1. The highest BCUT2D eigenvalue weighted by molar-refractivity contribution is 6.31. The van der Waals surface area contributed by atoms with Crippen LogP contribution in [0.5, 0.6) is 0 Å². The van der Waals surface area contributed by atoms with E-state index < -0.39 is 0 Å². The van der Waals surface area contributed by atoms with Crippen LogP contribution in [0.4, 0.5) is 0 Å². The molecule has 0 saturated carbocycles. The van der Waals surface area contributed by atoms with Crippen LogP contribution in [0.25, 0.3) is 0 Å². The summed E-state index contributed by atoms with van der Waals surface area (Å²) >= 11 is 6.11. The van der Waals surface area contributed by atoms with E-state index in [0.717, 1.165) is 29.0 Å². The molecule has 18 heavy (non-hydrogen) atoms. The number of halogens is 1. The third-order valence-corrected chi connectivity index (χ3v) is 3.50. The van der Waals surface area contributed by atoms with E-state index in [1.807, 2.05) is 31.3 Å². The van der Waals surface area contributed by atoms with Gasteiger partial charge in [-0.05, 0) is 48.6 Å². The van der Waals surface area contributed by atoms with Crippen molar-refractivity contribution in [2.45, 2.75) is 25.8 Å². The lowest BCUT2D eigenvalue weighted by atomic mass is 9.99. The summed E-state index contributed by atoms with van der Waals surface area (Å²) in [5.41, 5.74) is 9.57. The van der Waals surface area contributed by atoms with E-state index >= 15 is 0 Å². The molecule has 2 N–H and O–H groups in total. The molecule has 2 rings (SSSR count). The monoisotopic (exact) mass is 260 g/mol. The van der Waals surface area contributed by atoms with Crippen molar-refractivity contribution in [1.82, 2.24) is 4.98 Å². The molecule has 0 aliphatic carbocycles. The smallest absolute Gasteiger partial charge is 0.0438 e. The van der Waals surface area contributed by atoms with Crippen molar-refractivity contribution in [3.63, 3.8) is 0 Å². The van der Waals surface area contributed by atoms with Crippen molar-refractivity contribution in [2.24, 2.45) is 5.73 Å². The first-order chi connectivity index (χ1) is 8.66. The molecule has 1 aromatic heterocycles. The average Bonchev–Trinajstić information content (AvgIpc) is 2.40. The minimum Gasteiger partial charge on any atom is -0.324 e. The molecule has 0 aliphatic heterocycles. The molecule has 0 fully saturated rings. The Morgan fingerprint density at radius 2 is 2.17 bits per heavy atom. The van der Waals surface area contributed by atoms with Gasteiger partial charge in [0, 0.05) is 23.5 Å². The third kappa shape index (κ3) is 3.31. The van der Waals surface area contributed by atoms with E-state index in [4.69, 9.17) is 17.3 Å². The summed E-state index contributed by atoms with van der Waals surface area (Å²) in [7, 11) is 0. The third-order valence-electron chi connectivity index (χ3n) is 3.09. The summed E-state index contributed by atoms with van der Waals surface area (Å²) in [4.78, 5) is 4.10. The molecule has 0 bridgehead atoms. The largest absolute Gasteiger partial charge is 0.324 e. The number of hydrogen-bond donors (Lipinski definition) is 1. The van der Waals surface area contributed by atoms with Crippen molar-refractivity contribution in [2.75, 3.05) is 0 Å². The fourth-order valence-corrected chi connectivity index (χ4v) is 2.06. The zero-order valence-electron chi connectivity index (χ0n) is 10.4. The zero-order chi connectivity index (χ0) is 13.0. The topological polar surface area (TPSA) is 38.9 Å². The van der Waals surface area contributed by atoms with Gasteiger partial charge in [0.15, 0.2) is 0 Å². The standard InChI is InChI=1S/C15H17ClN2/c1-11-4-6-13(9-14(11)16)15(17)7-5-12-3-2-8-18-10-12/h2-4,6,8-10,15H,5,7,17H2,1H3. The summed E-state index contributed by atoms with van der Waals surface area (Å²) in [6, 6.07) is 10.1. The minimum atomic E-state index is 0.0170. The lowest BCUT2D eigenvalue weighted by Crippen LogP contribution is -2.11. The number of pyridine rings is 1. The summed E-state index contributed by atoms with van der Waals surface area (Å²) in [5, 5.41) is 0.782. The van der Waals surface area contributed by atoms with Crippen LogP contribution in [0.3, 0.4) is 0 Å². The number of aromatic nitrogens is 1. The van der Waals surface area contributed by atoms with Gasteiger partial charge in [0.2, 0.25) is 0 Å². The Hall–Kier alpha value is -1.38. The van der Waals surface area contributed by atoms with Gasteiger partial charge in [0.05, 0.1) is 0 Å². The minimum absolute atomic E-state index is 0.0170. The van der Waals surface area contributed by atoms with E-state index in [1.54, 1.807) is 6.20 Å². The number of aryl methyl sites for hydroxylation is 2. The van der Waals surface area contributed by atoms with Crippen LogP contribution in [0.1, 0.15) is 29.2 Å². The van der Waals surface area contributed by atoms with Crippen molar-refractivity contribution in [3.8, 4) is 0 Å². The second kappa shape index (κ2) is 5.98. The molecule has 2 nitrogen and oxygen atoms in total. The van der Waals surface area contributed by atoms with Gasteiger partial charge in [-0.3, -0.25) is 4.98 Å². The van der Waals surface area contributed by atoms with Crippen LogP contribution in [0.15, 0.2) is 42.7 Å². The van der Waals surface area contributed by atoms with Gasteiger partial charge in [0.25, 0.3) is 0 Å². The van der Waals surface area contributed by atoms with Crippen molar-refractivity contribution >= 4 is 11.6 Å². The predicted octanol–water partition coefficient (Wildman–Crippen LogP) is 3.68. The van der Waals surface area contributed by atoms with Crippen molar-refractivity contribution < 1.29 is 0 Å². The number of hydrogen-bond acceptors (Lipinski definition) is 2. The number of benzene rings is 1. The van der Waals surface area contributed by atoms with Gasteiger partial charge in [-0.2, -0.15) is 0 Å². The van der Waals surface area contributed by atoms with E-state index in [0.29, 0.717) is 0 Å². The molecule has 0 saturated heterocycles. The Kier molecular flexibility index (Phi) is 4.34. The van der Waals surface area contributed by atoms with Crippen LogP contribution >= 0.6 is 11.6 Å². The maximum atomic E-state index is 6.18. The van der Waals surface area contributed by atoms with Crippen LogP contribution in [-0.4, -0.2) is 4.98 Å². The highest BCUT2D eigenvalue weighted by Gasteiger charge is 2.07. The summed E-state index contributed by atoms with van der Waals surface area (Å²) in [6.45, 7) is 1.99. The van der Waals surface area contributed by atoms with Crippen LogP contribution in [-0.2, 0) is 6.42 Å². The van der Waals surface area contributed by atoms with Crippen molar-refractivity contribution in [3.05, 3.63) is 64.4 Å². The maximum Gasteiger partial charge on any atom is 0.0438 e. The Morgan fingerprint density at radius 3 is 2.83 bits per heavy atom. The van der Waals surface area contributed by atoms with Crippen LogP contribution in [0, 0.1) is 6.92 Å². The molecule has 1 aromatic carbocycles. The molecule has 0 spiro atoms. The molecule has 1 unspecified atom stereocenters. The second-order valence-corrected chi connectivity index (χ2v) is 4.92. The van der Waals surface area contributed by atoms with E-state index in [-0.39, 0.29) is 6.04 Å². The Balaban J connectivity index is 1.99. The fourth-order valence-electron chi connectivity index (χ4n) is 1.87. The maximum absolute atomic E-state index is 6.18. The SMILES string of the molecule is Cc1ccc(C(N)CCc2cccnc2)cc1Cl. The Morgan fingerprint density at radius 1 is 1.33 bits per heavy atom. The predicted molar refractivity (Wildman–Crippen MR) is 75.7 cm³/mol. The van der Waals surface area contributed by atoms with E-state index in [9.17, 15) is 0 Å². The van der Waals surface area contributed by atoms with Crippen LogP contribution < -0.4 is 5.73 Å². The first kappa shape index (κ1) is 13.1. The molecule has 0 aliphatic rings. The number of nitrogens with two attached hydrogens (primary N) is 1. The van der Waals surface area contributed by atoms with Gasteiger partial charge >= 0.3 is 0 Å². The van der Waals surface area contributed by atoms with Crippen molar-refractivity contribution in [1.29, 1.82) is 0 Å². The van der Waals surface area contributed by atoms with Gasteiger partial charge in [-0.1, -0.05) is 29.8 Å². The molecule has 3 heteroatoms. The average molecular weight is 261 g/mol. The summed E-state index contributed by atoms with van der Waals surface area (Å²) in [5.74, 6) is 0. The van der Waals surface area contributed by atoms with E-state index in [2.05, 4.69) is 17.1 Å². The first-order valence-electron chi connectivity index (χ1n) is 6.07. The highest BCUT2D eigenvalue weighted by atomic mass is 35.5. The Labute approximate surface area is 113 Å². The lowest BCUT2D eigenvalue weighted by Gasteiger charge is -2.13. The van der Waals surface area contributed by atoms with E-state index in [1.165, 1.54) is 5.56 Å². The zero-order valence-corrected chi connectivity index (χ0v) is 11.2. The molecule has 0 radical (unpaired) electrons. The summed E-state index contributed by atoms with van der Waals surface area (Å²) < 4.78 is 0. The second-order valence-electron chi connectivity index (χ2n) is 4.52. The summed E-state index contributed by atoms with van der Waals surface area (Å²) in [6.07, 6.45) is 5.49. The quantitative estimate of drug-likeness (QED) is 0.911. The van der Waals surface area contributed by atoms with Gasteiger partial charge in [-0.25, -0.2) is 0 Å². The van der Waals surface area contributed by atoms with Crippen LogP contribution in [0.2, 0.25) is 5.02 Å². The number of rotatable bonds is 4. The molecular formula is C15H17ClN2. The Bertz CT molecular complexity index is 511. The normalized spacial score (nSPS) is 12.4. The molecule has 0 amide bonds. The van der Waals surface area contributed by atoms with Gasteiger partial charge < -0.3 is 5.73 Å². The lowest BCUT2D eigenvalue weighted by molar-refractivity contribution is 0.650. The first-order valence-corrected chi connectivity index (χ1v) is 6.45. The fraction of sp³-hybridized carbons (Fsp3) is 0.267. The molecule has 2 aromatic rings. The van der Waals surface area contributed by atoms with Gasteiger partial charge in [0.1, 0.15) is 0 Å². The molecule has 94 valence electrons.